The lowest BCUT2D eigenvalue weighted by atomic mass is 9.54. The van der Waals surface area contributed by atoms with Gasteiger partial charge in [-0.3, -0.25) is 9.59 Å². The Labute approximate surface area is 281 Å². The Hall–Kier alpha value is -4.46. The zero-order valence-electron chi connectivity index (χ0n) is 27.0. The molecule has 48 heavy (non-hydrogen) atoms. The molecule has 250 valence electrons. The minimum Gasteiger partial charge on any atom is -0.465 e. The second-order valence-corrected chi connectivity index (χ2v) is 13.9. The van der Waals surface area contributed by atoms with Gasteiger partial charge in [-0.1, -0.05) is 60.7 Å². The SMILES string of the molecule is O=C(CCCCC(=O)OC[C@@H]1[C@H]2C=CC=C[C@H]2[C@H]1Cc1ccc2c(c1)OCO2)OC[C@@H]1[C@H]2C=CC=C[C@H]2[C@H]1Cc1ccc2c(c1)OCO2. The summed E-state index contributed by atoms with van der Waals surface area (Å²) in [6.07, 6.45) is 21.1. The lowest BCUT2D eigenvalue weighted by Crippen LogP contribution is -2.49. The summed E-state index contributed by atoms with van der Waals surface area (Å²) in [5, 5.41) is 0. The molecule has 0 saturated heterocycles. The molecular formula is C40H42O8. The molecule has 0 N–H and O–H groups in total. The van der Waals surface area contributed by atoms with Crippen LogP contribution in [0.5, 0.6) is 23.0 Å². The van der Waals surface area contributed by atoms with Crippen LogP contribution < -0.4 is 18.9 Å². The average molecular weight is 651 g/mol. The minimum absolute atomic E-state index is 0.201. The first-order valence-electron chi connectivity index (χ1n) is 17.4. The summed E-state index contributed by atoms with van der Waals surface area (Å²) in [5.41, 5.74) is 2.41. The van der Waals surface area contributed by atoms with Crippen molar-refractivity contribution in [1.29, 1.82) is 0 Å². The number of rotatable bonds is 13. The zero-order chi connectivity index (χ0) is 32.5. The van der Waals surface area contributed by atoms with Crippen molar-refractivity contribution in [3.8, 4) is 23.0 Å². The molecule has 2 aromatic carbocycles. The van der Waals surface area contributed by atoms with Crippen molar-refractivity contribution in [3.05, 3.63) is 96.1 Å². The number of carbonyl (C=O) groups excluding carboxylic acids is 2. The van der Waals surface area contributed by atoms with Crippen LogP contribution in [-0.2, 0) is 31.9 Å². The number of carbonyl (C=O) groups is 2. The standard InChI is InChI=1S/C40H42O8/c41-39(43-21-33-29-9-3-1-7-27(29)31(33)17-25-13-15-35-37(19-25)47-23-45-35)11-5-6-12-40(42)44-22-34-30-10-4-2-8-28(30)32(34)18-26-14-16-36-38(20-26)48-24-46-36/h1-4,7-10,13-16,19-20,27-34H,5-6,11-12,17-18,21-24H2/t27-,28-,29+,30+,31-,32-,33-,34-/m1/s1. The molecule has 2 aromatic rings. The number of hydrogen-bond donors (Lipinski definition) is 0. The predicted octanol–water partition coefficient (Wildman–Crippen LogP) is 6.78. The molecule has 0 aromatic heterocycles. The van der Waals surface area contributed by atoms with Crippen molar-refractivity contribution in [2.75, 3.05) is 26.8 Å². The van der Waals surface area contributed by atoms with E-state index in [0.29, 0.717) is 74.4 Å². The molecule has 8 atom stereocenters. The van der Waals surface area contributed by atoms with E-state index in [1.165, 1.54) is 11.1 Å². The third kappa shape index (κ3) is 6.25. The summed E-state index contributed by atoms with van der Waals surface area (Å²) in [6, 6.07) is 12.3. The highest BCUT2D eigenvalue weighted by atomic mass is 16.7. The van der Waals surface area contributed by atoms with Gasteiger partial charge in [-0.15, -0.1) is 0 Å². The van der Waals surface area contributed by atoms with Crippen LogP contribution in [-0.4, -0.2) is 38.7 Å². The number of fused-ring (bicyclic) bond motifs is 4. The summed E-state index contributed by atoms with van der Waals surface area (Å²) in [5.74, 6) is 5.78. The third-order valence-electron chi connectivity index (χ3n) is 11.2. The summed E-state index contributed by atoms with van der Waals surface area (Å²) >= 11 is 0. The number of ether oxygens (including phenoxy) is 6. The van der Waals surface area contributed by atoms with E-state index in [-0.39, 0.29) is 37.4 Å². The van der Waals surface area contributed by atoms with E-state index in [1.807, 2.05) is 12.1 Å². The van der Waals surface area contributed by atoms with Gasteiger partial charge in [-0.05, 0) is 96.6 Å². The first kappa shape index (κ1) is 30.8. The Balaban J connectivity index is 0.763. The molecule has 8 heteroatoms. The molecule has 8 rings (SSSR count). The van der Waals surface area contributed by atoms with Gasteiger partial charge in [0.05, 0.1) is 13.2 Å². The number of allylic oxidation sites excluding steroid dienone is 8. The molecule has 6 aliphatic rings. The van der Waals surface area contributed by atoms with Gasteiger partial charge in [-0.2, -0.15) is 0 Å². The van der Waals surface area contributed by atoms with Gasteiger partial charge in [-0.25, -0.2) is 0 Å². The lowest BCUT2D eigenvalue weighted by Gasteiger charge is -2.51. The Kier molecular flexibility index (Phi) is 8.72. The van der Waals surface area contributed by atoms with E-state index in [1.54, 1.807) is 0 Å². The maximum Gasteiger partial charge on any atom is 0.305 e. The molecule has 0 amide bonds. The van der Waals surface area contributed by atoms with E-state index in [4.69, 9.17) is 28.4 Å². The molecule has 0 unspecified atom stereocenters. The van der Waals surface area contributed by atoms with E-state index < -0.39 is 0 Å². The second kappa shape index (κ2) is 13.6. The molecule has 2 aliphatic heterocycles. The van der Waals surface area contributed by atoms with Crippen molar-refractivity contribution in [1.82, 2.24) is 0 Å². The minimum atomic E-state index is -0.201. The highest BCUT2D eigenvalue weighted by Crippen LogP contribution is 2.52. The summed E-state index contributed by atoms with van der Waals surface area (Å²) < 4.78 is 33.7. The number of benzene rings is 2. The summed E-state index contributed by atoms with van der Waals surface area (Å²) in [6.45, 7) is 1.36. The van der Waals surface area contributed by atoms with Gasteiger partial charge in [0.2, 0.25) is 13.6 Å². The number of hydrogen-bond acceptors (Lipinski definition) is 8. The van der Waals surface area contributed by atoms with Gasteiger partial charge < -0.3 is 28.4 Å². The molecule has 0 bridgehead atoms. The van der Waals surface area contributed by atoms with Gasteiger partial charge in [0.15, 0.2) is 23.0 Å². The molecule has 2 saturated carbocycles. The van der Waals surface area contributed by atoms with Crippen LogP contribution in [0.1, 0.15) is 36.8 Å². The summed E-state index contributed by atoms with van der Waals surface area (Å²) in [7, 11) is 0. The zero-order valence-corrected chi connectivity index (χ0v) is 27.0. The largest absolute Gasteiger partial charge is 0.465 e. The predicted molar refractivity (Wildman–Crippen MR) is 177 cm³/mol. The molecule has 0 spiro atoms. The normalized spacial score (nSPS) is 29.4. The van der Waals surface area contributed by atoms with Crippen molar-refractivity contribution in [2.45, 2.75) is 38.5 Å². The molecular weight excluding hydrogens is 608 g/mol. The van der Waals surface area contributed by atoms with Crippen LogP contribution in [0.15, 0.2) is 85.0 Å². The first-order valence-corrected chi connectivity index (χ1v) is 17.4. The monoisotopic (exact) mass is 650 g/mol. The molecule has 0 radical (unpaired) electrons. The van der Waals surface area contributed by atoms with Gasteiger partial charge in [0, 0.05) is 24.7 Å². The highest BCUT2D eigenvalue weighted by Gasteiger charge is 2.49. The molecule has 2 fully saturated rings. The molecule has 4 aliphatic carbocycles. The second-order valence-electron chi connectivity index (χ2n) is 13.9. The Morgan fingerprint density at radius 3 is 1.38 bits per heavy atom. The molecule has 2 heterocycles. The number of esters is 2. The van der Waals surface area contributed by atoms with Gasteiger partial charge >= 0.3 is 11.9 Å². The van der Waals surface area contributed by atoms with Gasteiger partial charge in [0.25, 0.3) is 0 Å². The third-order valence-corrected chi connectivity index (χ3v) is 11.2. The van der Waals surface area contributed by atoms with Crippen molar-refractivity contribution in [2.24, 2.45) is 47.3 Å². The van der Waals surface area contributed by atoms with Crippen molar-refractivity contribution in [3.63, 3.8) is 0 Å². The van der Waals surface area contributed by atoms with Crippen LogP contribution in [0.3, 0.4) is 0 Å². The number of unbranched alkanes of at least 4 members (excludes halogenated alkanes) is 1. The Bertz CT molecular complexity index is 1530. The smallest absolute Gasteiger partial charge is 0.305 e. The van der Waals surface area contributed by atoms with Crippen LogP contribution >= 0.6 is 0 Å². The van der Waals surface area contributed by atoms with E-state index in [0.717, 1.165) is 35.8 Å². The van der Waals surface area contributed by atoms with Gasteiger partial charge in [0.1, 0.15) is 0 Å². The topological polar surface area (TPSA) is 89.5 Å². The fourth-order valence-electron chi connectivity index (χ4n) is 8.63. The van der Waals surface area contributed by atoms with Crippen LogP contribution in [0.25, 0.3) is 0 Å². The highest BCUT2D eigenvalue weighted by molar-refractivity contribution is 5.70. The quantitative estimate of drug-likeness (QED) is 0.173. The van der Waals surface area contributed by atoms with Crippen molar-refractivity contribution >= 4 is 11.9 Å². The summed E-state index contributed by atoms with van der Waals surface area (Å²) in [4.78, 5) is 25.4. The first-order chi connectivity index (χ1) is 23.6. The van der Waals surface area contributed by atoms with E-state index >= 15 is 0 Å². The maximum absolute atomic E-state index is 12.7. The average Bonchev–Trinajstić information content (AvgIpc) is 3.78. The fraction of sp³-hybridized carbons (Fsp3) is 0.450. The van der Waals surface area contributed by atoms with Crippen LogP contribution in [0, 0.1) is 47.3 Å². The van der Waals surface area contributed by atoms with E-state index in [2.05, 4.69) is 72.9 Å². The fourth-order valence-corrected chi connectivity index (χ4v) is 8.63. The molecule has 8 nitrogen and oxygen atoms in total. The Morgan fingerprint density at radius 2 is 0.938 bits per heavy atom. The van der Waals surface area contributed by atoms with E-state index in [9.17, 15) is 9.59 Å². The van der Waals surface area contributed by atoms with Crippen LogP contribution in [0.4, 0.5) is 0 Å². The van der Waals surface area contributed by atoms with Crippen LogP contribution in [0.2, 0.25) is 0 Å². The van der Waals surface area contributed by atoms with Crippen molar-refractivity contribution < 1.29 is 38.0 Å². The Morgan fingerprint density at radius 1 is 0.542 bits per heavy atom. The maximum atomic E-state index is 12.7. The lowest BCUT2D eigenvalue weighted by molar-refractivity contribution is -0.151.